The van der Waals surface area contributed by atoms with Crippen molar-refractivity contribution in [2.24, 2.45) is 0 Å². The second kappa shape index (κ2) is 4.99. The highest BCUT2D eigenvalue weighted by molar-refractivity contribution is 6.31. The van der Waals surface area contributed by atoms with E-state index in [-0.39, 0.29) is 22.5 Å². The monoisotopic (exact) mass is 302 g/mol. The maximum atomic E-state index is 12.0. The highest BCUT2D eigenvalue weighted by Crippen LogP contribution is 2.28. The van der Waals surface area contributed by atoms with Crippen molar-refractivity contribution in [2.75, 3.05) is 0 Å². The molecule has 0 aliphatic heterocycles. The lowest BCUT2D eigenvalue weighted by molar-refractivity contribution is -0.384. The molecule has 1 aromatic heterocycles. The number of fused-ring (bicyclic) bond motifs is 1. The maximum Gasteiger partial charge on any atom is 0.347 e. The summed E-state index contributed by atoms with van der Waals surface area (Å²) < 4.78 is 5.09. The fraction of sp³-hybridized carbons (Fsp3) is 0. The van der Waals surface area contributed by atoms with Gasteiger partial charge < -0.3 is 4.42 Å². The standard InChI is InChI=1S/C14H7ClN2O4/c15-8-5-6-11-10(7-8)14(18)21-13(16-11)9-3-1-2-4-12(9)17(19)20/h1-7H. The van der Waals surface area contributed by atoms with Gasteiger partial charge in [0, 0.05) is 11.1 Å². The van der Waals surface area contributed by atoms with Crippen molar-refractivity contribution in [1.29, 1.82) is 0 Å². The summed E-state index contributed by atoms with van der Waals surface area (Å²) >= 11 is 5.82. The maximum absolute atomic E-state index is 12.0. The van der Waals surface area contributed by atoms with E-state index >= 15 is 0 Å². The summed E-state index contributed by atoms with van der Waals surface area (Å²) in [6.07, 6.45) is 0. The quantitative estimate of drug-likeness (QED) is 0.535. The lowest BCUT2D eigenvalue weighted by atomic mass is 10.1. The third-order valence-corrected chi connectivity index (χ3v) is 3.16. The van der Waals surface area contributed by atoms with Gasteiger partial charge in [0.2, 0.25) is 5.89 Å². The first-order valence-electron chi connectivity index (χ1n) is 5.90. The molecule has 0 fully saturated rings. The lowest BCUT2D eigenvalue weighted by Gasteiger charge is -2.02. The molecular formula is C14H7ClN2O4. The molecule has 3 aromatic rings. The largest absolute Gasteiger partial charge is 0.403 e. The Morgan fingerprint density at radius 1 is 1.19 bits per heavy atom. The fourth-order valence-corrected chi connectivity index (χ4v) is 2.15. The van der Waals surface area contributed by atoms with E-state index in [4.69, 9.17) is 16.0 Å². The van der Waals surface area contributed by atoms with Crippen molar-refractivity contribution in [3.05, 3.63) is 68.0 Å². The van der Waals surface area contributed by atoms with Gasteiger partial charge in [0.1, 0.15) is 5.56 Å². The molecule has 104 valence electrons. The van der Waals surface area contributed by atoms with Crippen molar-refractivity contribution >= 4 is 28.2 Å². The molecule has 0 spiro atoms. The number of hydrogen-bond donors (Lipinski definition) is 0. The number of nitrogens with zero attached hydrogens (tertiary/aromatic N) is 2. The molecule has 21 heavy (non-hydrogen) atoms. The first kappa shape index (κ1) is 13.3. The zero-order chi connectivity index (χ0) is 15.0. The van der Waals surface area contributed by atoms with Gasteiger partial charge in [-0.25, -0.2) is 9.78 Å². The van der Waals surface area contributed by atoms with Crippen LogP contribution in [0.4, 0.5) is 5.69 Å². The smallest absolute Gasteiger partial charge is 0.347 e. The normalized spacial score (nSPS) is 10.7. The topological polar surface area (TPSA) is 86.2 Å². The van der Waals surface area contributed by atoms with E-state index in [1.54, 1.807) is 18.2 Å². The average molecular weight is 303 g/mol. The minimum absolute atomic E-state index is 0.0953. The molecule has 0 saturated heterocycles. The third kappa shape index (κ3) is 2.36. The highest BCUT2D eigenvalue weighted by Gasteiger charge is 2.18. The molecule has 0 atom stereocenters. The second-order valence-corrected chi connectivity index (χ2v) is 4.68. The summed E-state index contributed by atoms with van der Waals surface area (Å²) in [7, 11) is 0. The molecule has 7 heteroatoms. The van der Waals surface area contributed by atoms with Crippen molar-refractivity contribution < 1.29 is 9.34 Å². The van der Waals surface area contributed by atoms with Gasteiger partial charge in [-0.1, -0.05) is 23.7 Å². The second-order valence-electron chi connectivity index (χ2n) is 4.24. The predicted octanol–water partition coefficient (Wildman–Crippen LogP) is 3.42. The van der Waals surface area contributed by atoms with Crippen LogP contribution in [-0.2, 0) is 0 Å². The van der Waals surface area contributed by atoms with Gasteiger partial charge in [-0.3, -0.25) is 10.1 Å². The lowest BCUT2D eigenvalue weighted by Crippen LogP contribution is -2.04. The zero-order valence-corrected chi connectivity index (χ0v) is 11.2. The summed E-state index contributed by atoms with van der Waals surface area (Å²) in [5, 5.41) is 11.6. The van der Waals surface area contributed by atoms with Crippen LogP contribution in [0.2, 0.25) is 5.02 Å². The van der Waals surface area contributed by atoms with Gasteiger partial charge in [-0.05, 0) is 24.3 Å². The van der Waals surface area contributed by atoms with E-state index in [1.807, 2.05) is 0 Å². The summed E-state index contributed by atoms with van der Waals surface area (Å²) in [5.41, 5.74) is -0.308. The number of nitro benzene ring substituents is 1. The molecule has 6 nitrogen and oxygen atoms in total. The van der Waals surface area contributed by atoms with Gasteiger partial charge in [0.15, 0.2) is 0 Å². The zero-order valence-electron chi connectivity index (χ0n) is 10.4. The molecule has 0 saturated carbocycles. The Bertz CT molecular complexity index is 920. The molecule has 0 amide bonds. The van der Waals surface area contributed by atoms with Crippen LogP contribution in [0.25, 0.3) is 22.4 Å². The van der Waals surface area contributed by atoms with Crippen LogP contribution in [0, 0.1) is 10.1 Å². The number of para-hydroxylation sites is 1. The van der Waals surface area contributed by atoms with Gasteiger partial charge in [0.05, 0.1) is 15.8 Å². The summed E-state index contributed by atoms with van der Waals surface area (Å²) in [4.78, 5) is 26.6. The van der Waals surface area contributed by atoms with E-state index in [0.717, 1.165) is 0 Å². The molecule has 0 bridgehead atoms. The highest BCUT2D eigenvalue weighted by atomic mass is 35.5. The average Bonchev–Trinajstić information content (AvgIpc) is 2.47. The molecule has 3 rings (SSSR count). The minimum atomic E-state index is -0.643. The predicted molar refractivity (Wildman–Crippen MR) is 77.4 cm³/mol. The molecule has 0 unspecified atom stereocenters. The Hall–Kier alpha value is -2.73. The Labute approximate surface area is 122 Å². The third-order valence-electron chi connectivity index (χ3n) is 2.92. The van der Waals surface area contributed by atoms with Gasteiger partial charge in [-0.2, -0.15) is 0 Å². The number of nitro groups is 1. The number of rotatable bonds is 2. The van der Waals surface area contributed by atoms with Gasteiger partial charge in [-0.15, -0.1) is 0 Å². The van der Waals surface area contributed by atoms with E-state index < -0.39 is 10.5 Å². The summed E-state index contributed by atoms with van der Waals surface area (Å²) in [6, 6.07) is 10.5. The van der Waals surface area contributed by atoms with E-state index in [0.29, 0.717) is 10.5 Å². The first-order valence-corrected chi connectivity index (χ1v) is 6.28. The molecular weight excluding hydrogens is 296 g/mol. The molecule has 0 N–H and O–H groups in total. The molecule has 0 aliphatic rings. The first-order chi connectivity index (χ1) is 10.1. The summed E-state index contributed by atoms with van der Waals surface area (Å²) in [5.74, 6) is -0.0953. The van der Waals surface area contributed by atoms with Crippen LogP contribution in [0.1, 0.15) is 0 Å². The van der Waals surface area contributed by atoms with E-state index in [9.17, 15) is 14.9 Å². The minimum Gasteiger partial charge on any atom is -0.403 e. The molecule has 1 heterocycles. The van der Waals surface area contributed by atoms with E-state index in [1.165, 1.54) is 24.3 Å². The number of hydrogen-bond acceptors (Lipinski definition) is 5. The molecule has 0 radical (unpaired) electrons. The molecule has 2 aromatic carbocycles. The van der Waals surface area contributed by atoms with Crippen LogP contribution in [-0.4, -0.2) is 9.91 Å². The van der Waals surface area contributed by atoms with Crippen LogP contribution < -0.4 is 5.63 Å². The van der Waals surface area contributed by atoms with Crippen molar-refractivity contribution in [1.82, 2.24) is 4.98 Å². The van der Waals surface area contributed by atoms with Crippen LogP contribution in [0.3, 0.4) is 0 Å². The van der Waals surface area contributed by atoms with Gasteiger partial charge in [0.25, 0.3) is 5.69 Å². The van der Waals surface area contributed by atoms with Crippen LogP contribution >= 0.6 is 11.6 Å². The number of halogens is 1. The number of aromatic nitrogens is 1. The van der Waals surface area contributed by atoms with Crippen molar-refractivity contribution in [3.8, 4) is 11.5 Å². The van der Waals surface area contributed by atoms with Crippen molar-refractivity contribution in [2.45, 2.75) is 0 Å². The SMILES string of the molecule is O=c1oc(-c2ccccc2[N+](=O)[O-])nc2ccc(Cl)cc12. The Morgan fingerprint density at radius 3 is 2.71 bits per heavy atom. The molecule has 0 aliphatic carbocycles. The Balaban J connectivity index is 2.30. The number of benzene rings is 2. The van der Waals surface area contributed by atoms with Gasteiger partial charge >= 0.3 is 5.63 Å². The van der Waals surface area contributed by atoms with E-state index in [2.05, 4.69) is 4.98 Å². The summed E-state index contributed by atoms with van der Waals surface area (Å²) in [6.45, 7) is 0. The van der Waals surface area contributed by atoms with Crippen LogP contribution in [0.5, 0.6) is 0 Å². The van der Waals surface area contributed by atoms with Crippen LogP contribution in [0.15, 0.2) is 51.7 Å². The fourth-order valence-electron chi connectivity index (χ4n) is 1.97. The van der Waals surface area contributed by atoms with Crippen molar-refractivity contribution in [3.63, 3.8) is 0 Å². The Morgan fingerprint density at radius 2 is 1.95 bits per heavy atom. The Kier molecular flexibility index (Phi) is 3.15.